The summed E-state index contributed by atoms with van der Waals surface area (Å²) in [5.74, 6) is 0.246. The topological polar surface area (TPSA) is 76.5 Å². The number of hydrogen-bond donors (Lipinski definition) is 1. The normalized spacial score (nSPS) is 14.8. The molecule has 0 radical (unpaired) electrons. The largest absolute Gasteiger partial charge is 0.467 e. The van der Waals surface area contributed by atoms with Crippen molar-refractivity contribution in [3.8, 4) is 0 Å². The summed E-state index contributed by atoms with van der Waals surface area (Å²) in [6, 6.07) is 10.5. The van der Waals surface area contributed by atoms with Crippen LogP contribution in [0, 0.1) is 0 Å². The van der Waals surface area contributed by atoms with Crippen LogP contribution in [0.5, 0.6) is 0 Å². The third kappa shape index (κ3) is 3.44. The van der Waals surface area contributed by atoms with E-state index in [2.05, 4.69) is 0 Å². The summed E-state index contributed by atoms with van der Waals surface area (Å²) >= 11 is 0. The molecule has 3 rings (SSSR count). The lowest BCUT2D eigenvalue weighted by Crippen LogP contribution is -2.38. The smallest absolute Gasteiger partial charge is 0.254 e. The van der Waals surface area contributed by atoms with Crippen molar-refractivity contribution in [3.05, 3.63) is 59.5 Å². The van der Waals surface area contributed by atoms with Crippen LogP contribution in [-0.4, -0.2) is 22.8 Å². The van der Waals surface area contributed by atoms with Gasteiger partial charge in [0, 0.05) is 17.2 Å². The number of benzene rings is 1. The molecule has 2 amide bonds. The van der Waals surface area contributed by atoms with Crippen molar-refractivity contribution >= 4 is 11.8 Å². The van der Waals surface area contributed by atoms with Gasteiger partial charge >= 0.3 is 0 Å². The highest BCUT2D eigenvalue weighted by Crippen LogP contribution is 2.26. The molecule has 1 aromatic carbocycles. The summed E-state index contributed by atoms with van der Waals surface area (Å²) in [4.78, 5) is 25.9. The Balaban J connectivity index is 1.82. The molecule has 1 aliphatic rings. The first-order valence-corrected chi connectivity index (χ1v) is 7.88. The van der Waals surface area contributed by atoms with Crippen molar-refractivity contribution in [2.45, 2.75) is 38.3 Å². The van der Waals surface area contributed by atoms with Gasteiger partial charge in [0.15, 0.2) is 0 Å². The summed E-state index contributed by atoms with van der Waals surface area (Å²) in [6.45, 7) is 0.466. The number of primary amides is 1. The zero-order valence-electron chi connectivity index (χ0n) is 12.9. The van der Waals surface area contributed by atoms with Crippen LogP contribution in [0.1, 0.15) is 52.2 Å². The van der Waals surface area contributed by atoms with Crippen molar-refractivity contribution in [2.75, 3.05) is 0 Å². The molecule has 1 heterocycles. The van der Waals surface area contributed by atoms with Gasteiger partial charge in [-0.2, -0.15) is 0 Å². The summed E-state index contributed by atoms with van der Waals surface area (Å²) < 4.78 is 5.41. The maximum atomic E-state index is 12.9. The molecule has 2 N–H and O–H groups in total. The summed E-state index contributed by atoms with van der Waals surface area (Å²) in [7, 11) is 0. The molecule has 0 spiro atoms. The van der Waals surface area contributed by atoms with E-state index >= 15 is 0 Å². The minimum Gasteiger partial charge on any atom is -0.467 e. The van der Waals surface area contributed by atoms with Gasteiger partial charge in [0.05, 0.1) is 12.8 Å². The molecule has 0 atom stereocenters. The van der Waals surface area contributed by atoms with Gasteiger partial charge in [-0.25, -0.2) is 0 Å². The minimum absolute atomic E-state index is 0.0377. The highest BCUT2D eigenvalue weighted by atomic mass is 16.3. The van der Waals surface area contributed by atoms with Gasteiger partial charge in [-0.1, -0.05) is 12.8 Å². The first kappa shape index (κ1) is 15.3. The molecule has 0 unspecified atom stereocenters. The number of nitrogens with two attached hydrogens (primary N) is 1. The van der Waals surface area contributed by atoms with Gasteiger partial charge in [0.25, 0.3) is 5.91 Å². The Morgan fingerprint density at radius 3 is 2.30 bits per heavy atom. The fourth-order valence-corrected chi connectivity index (χ4v) is 3.10. The molecule has 1 fully saturated rings. The number of nitrogens with zero attached hydrogens (tertiary/aromatic N) is 1. The van der Waals surface area contributed by atoms with Crippen LogP contribution in [0.15, 0.2) is 47.1 Å². The molecular formula is C18H20N2O3. The Labute approximate surface area is 135 Å². The molecule has 1 saturated carbocycles. The monoisotopic (exact) mass is 312 g/mol. The number of amides is 2. The van der Waals surface area contributed by atoms with Gasteiger partial charge in [-0.3, -0.25) is 9.59 Å². The lowest BCUT2D eigenvalue weighted by molar-refractivity contribution is 0.0648. The van der Waals surface area contributed by atoms with E-state index in [-0.39, 0.29) is 11.9 Å². The molecule has 0 saturated heterocycles. The van der Waals surface area contributed by atoms with E-state index in [0.717, 1.165) is 31.4 Å². The van der Waals surface area contributed by atoms with Crippen molar-refractivity contribution in [2.24, 2.45) is 5.73 Å². The van der Waals surface area contributed by atoms with Crippen LogP contribution in [0.3, 0.4) is 0 Å². The zero-order chi connectivity index (χ0) is 16.2. The van der Waals surface area contributed by atoms with Gasteiger partial charge in [-0.15, -0.1) is 0 Å². The van der Waals surface area contributed by atoms with Gasteiger partial charge in [-0.05, 0) is 49.2 Å². The first-order chi connectivity index (χ1) is 11.1. The second kappa shape index (κ2) is 6.69. The van der Waals surface area contributed by atoms with Crippen molar-refractivity contribution in [1.29, 1.82) is 0 Å². The second-order valence-electron chi connectivity index (χ2n) is 5.89. The standard InChI is InChI=1S/C18H20N2O3/c19-17(21)13-7-9-14(10-8-13)18(22)20(15-4-1-2-5-15)12-16-6-3-11-23-16/h3,6-11,15H,1-2,4-5,12H2,(H2,19,21). The number of rotatable bonds is 5. The Morgan fingerprint density at radius 1 is 1.09 bits per heavy atom. The summed E-state index contributed by atoms with van der Waals surface area (Å²) in [6.07, 6.45) is 5.95. The average molecular weight is 312 g/mol. The molecule has 120 valence electrons. The van der Waals surface area contributed by atoms with E-state index in [1.807, 2.05) is 17.0 Å². The predicted molar refractivity (Wildman–Crippen MR) is 85.8 cm³/mol. The highest BCUT2D eigenvalue weighted by molar-refractivity contribution is 5.97. The first-order valence-electron chi connectivity index (χ1n) is 7.88. The number of hydrogen-bond acceptors (Lipinski definition) is 3. The van der Waals surface area contributed by atoms with E-state index in [1.54, 1.807) is 30.5 Å². The van der Waals surface area contributed by atoms with Crippen molar-refractivity contribution < 1.29 is 14.0 Å². The zero-order valence-corrected chi connectivity index (χ0v) is 12.9. The van der Waals surface area contributed by atoms with Crippen molar-refractivity contribution in [1.82, 2.24) is 4.90 Å². The molecular weight excluding hydrogens is 292 g/mol. The average Bonchev–Trinajstić information content (AvgIpc) is 3.25. The van der Waals surface area contributed by atoms with Crippen LogP contribution in [0.4, 0.5) is 0 Å². The Bertz CT molecular complexity index is 671. The van der Waals surface area contributed by atoms with Crippen LogP contribution in [-0.2, 0) is 6.54 Å². The maximum absolute atomic E-state index is 12.9. The van der Waals surface area contributed by atoms with Gasteiger partial charge in [0.1, 0.15) is 5.76 Å². The van der Waals surface area contributed by atoms with Crippen LogP contribution < -0.4 is 5.73 Å². The van der Waals surface area contributed by atoms with Crippen molar-refractivity contribution in [3.63, 3.8) is 0 Å². The SMILES string of the molecule is NC(=O)c1ccc(C(=O)N(Cc2ccco2)C2CCCC2)cc1. The lowest BCUT2D eigenvalue weighted by Gasteiger charge is -2.28. The molecule has 5 nitrogen and oxygen atoms in total. The molecule has 2 aromatic rings. The van der Waals surface area contributed by atoms with Gasteiger partial charge in [0.2, 0.25) is 5.91 Å². The molecule has 23 heavy (non-hydrogen) atoms. The Kier molecular flexibility index (Phi) is 4.46. The van der Waals surface area contributed by atoms with E-state index in [9.17, 15) is 9.59 Å². The number of carbonyl (C=O) groups is 2. The van der Waals surface area contributed by atoms with E-state index in [0.29, 0.717) is 17.7 Å². The predicted octanol–water partition coefficient (Wildman–Crippen LogP) is 2.96. The summed E-state index contributed by atoms with van der Waals surface area (Å²) in [5.41, 5.74) is 6.21. The van der Waals surface area contributed by atoms with Crippen LogP contribution >= 0.6 is 0 Å². The van der Waals surface area contributed by atoms with E-state index in [1.165, 1.54) is 0 Å². The fourth-order valence-electron chi connectivity index (χ4n) is 3.10. The van der Waals surface area contributed by atoms with Gasteiger partial charge < -0.3 is 15.1 Å². The third-order valence-corrected chi connectivity index (χ3v) is 4.35. The molecule has 1 aliphatic carbocycles. The molecule has 0 bridgehead atoms. The quantitative estimate of drug-likeness (QED) is 0.922. The molecule has 5 heteroatoms. The third-order valence-electron chi connectivity index (χ3n) is 4.35. The fraction of sp³-hybridized carbons (Fsp3) is 0.333. The highest BCUT2D eigenvalue weighted by Gasteiger charge is 2.28. The van der Waals surface area contributed by atoms with Crippen LogP contribution in [0.2, 0.25) is 0 Å². The number of carbonyl (C=O) groups excluding carboxylic acids is 2. The number of furan rings is 1. The van der Waals surface area contributed by atoms with E-state index < -0.39 is 5.91 Å². The second-order valence-corrected chi connectivity index (χ2v) is 5.89. The summed E-state index contributed by atoms with van der Waals surface area (Å²) in [5, 5.41) is 0. The lowest BCUT2D eigenvalue weighted by atomic mass is 10.1. The minimum atomic E-state index is -0.493. The molecule has 1 aromatic heterocycles. The Morgan fingerprint density at radius 2 is 1.74 bits per heavy atom. The Hall–Kier alpha value is -2.56. The van der Waals surface area contributed by atoms with Crippen LogP contribution in [0.25, 0.3) is 0 Å². The molecule has 0 aliphatic heterocycles. The van der Waals surface area contributed by atoms with E-state index in [4.69, 9.17) is 10.2 Å². The maximum Gasteiger partial charge on any atom is 0.254 e.